The first-order valence-corrected chi connectivity index (χ1v) is 9.33. The summed E-state index contributed by atoms with van der Waals surface area (Å²) in [6, 6.07) is 8.23. The van der Waals surface area contributed by atoms with Crippen molar-refractivity contribution >= 4 is 0 Å². The van der Waals surface area contributed by atoms with Gasteiger partial charge in [-0.25, -0.2) is 0 Å². The van der Waals surface area contributed by atoms with Crippen molar-refractivity contribution in [1.29, 1.82) is 0 Å². The van der Waals surface area contributed by atoms with Crippen LogP contribution in [0.3, 0.4) is 0 Å². The minimum Gasteiger partial charge on any atom is -0.467 e. The predicted molar refractivity (Wildman–Crippen MR) is 95.3 cm³/mol. The average Bonchev–Trinajstić information content (AvgIpc) is 2.64. The second-order valence-corrected chi connectivity index (χ2v) is 6.34. The molecule has 1 heterocycles. The van der Waals surface area contributed by atoms with Gasteiger partial charge in [0, 0.05) is 20.3 Å². The monoisotopic (exact) mass is 336 g/mol. The summed E-state index contributed by atoms with van der Waals surface area (Å²) in [5.74, 6) is 0.945. The first-order chi connectivity index (χ1) is 11.9. The highest BCUT2D eigenvalue weighted by Crippen LogP contribution is 2.21. The maximum atomic E-state index is 5.76. The summed E-state index contributed by atoms with van der Waals surface area (Å²) >= 11 is 0. The maximum Gasteiger partial charge on any atom is 0.188 e. The lowest BCUT2D eigenvalue weighted by Gasteiger charge is -2.22. The Kier molecular flexibility index (Phi) is 9.85. The lowest BCUT2D eigenvalue weighted by atomic mass is 10.0. The highest BCUT2D eigenvalue weighted by Gasteiger charge is 2.13. The van der Waals surface area contributed by atoms with Gasteiger partial charge in [-0.2, -0.15) is 0 Å². The van der Waals surface area contributed by atoms with Gasteiger partial charge in [-0.3, -0.25) is 0 Å². The molecule has 1 aliphatic heterocycles. The Hall–Kier alpha value is -1.10. The Morgan fingerprint density at radius 3 is 2.71 bits per heavy atom. The lowest BCUT2D eigenvalue weighted by Crippen LogP contribution is -2.22. The Balaban J connectivity index is 1.49. The Morgan fingerprint density at radius 1 is 1.04 bits per heavy atom. The van der Waals surface area contributed by atoms with Crippen molar-refractivity contribution in [2.45, 2.75) is 64.1 Å². The van der Waals surface area contributed by atoms with Gasteiger partial charge in [0.2, 0.25) is 0 Å². The molecule has 0 amide bonds. The topological polar surface area (TPSA) is 36.9 Å². The van der Waals surface area contributed by atoms with Crippen LogP contribution in [0.5, 0.6) is 5.75 Å². The van der Waals surface area contributed by atoms with E-state index < -0.39 is 0 Å². The quantitative estimate of drug-likeness (QED) is 0.409. The summed E-state index contributed by atoms with van der Waals surface area (Å²) in [7, 11) is 1.65. The summed E-state index contributed by atoms with van der Waals surface area (Å²) in [6.45, 7) is 2.00. The summed E-state index contributed by atoms with van der Waals surface area (Å²) in [5.41, 5.74) is 1.27. The third kappa shape index (κ3) is 7.65. The first kappa shape index (κ1) is 19.2. The zero-order chi connectivity index (χ0) is 16.9. The molecule has 0 saturated carbocycles. The Labute approximate surface area is 146 Å². The molecule has 136 valence electrons. The number of unbranched alkanes of at least 4 members (excludes halogenated alkanes) is 4. The Morgan fingerprint density at radius 2 is 1.88 bits per heavy atom. The van der Waals surface area contributed by atoms with Gasteiger partial charge in [-0.15, -0.1) is 0 Å². The molecule has 1 aliphatic rings. The molecule has 0 spiro atoms. The standard InChI is InChI=1S/C20H32O4/c1-21-17-24-19-13-7-6-12-18(19)11-5-3-2-4-9-15-22-20-14-8-10-16-23-20/h6-7,12-13,20H,2-5,8-11,14-17H2,1H3. The van der Waals surface area contributed by atoms with Crippen molar-refractivity contribution in [3.8, 4) is 5.75 Å². The van der Waals surface area contributed by atoms with Crippen LogP contribution in [0.2, 0.25) is 0 Å². The normalized spacial score (nSPS) is 17.8. The maximum absolute atomic E-state index is 5.76. The van der Waals surface area contributed by atoms with Gasteiger partial charge >= 0.3 is 0 Å². The van der Waals surface area contributed by atoms with Gasteiger partial charge < -0.3 is 18.9 Å². The molecule has 2 rings (SSSR count). The summed E-state index contributed by atoms with van der Waals surface area (Å²) in [4.78, 5) is 0. The van der Waals surface area contributed by atoms with Crippen LogP contribution in [0.1, 0.15) is 56.9 Å². The highest BCUT2D eigenvalue weighted by atomic mass is 16.7. The van der Waals surface area contributed by atoms with Gasteiger partial charge in [-0.1, -0.05) is 37.5 Å². The van der Waals surface area contributed by atoms with E-state index in [1.165, 1.54) is 44.1 Å². The van der Waals surface area contributed by atoms with Gasteiger partial charge in [0.05, 0.1) is 0 Å². The van der Waals surface area contributed by atoms with Crippen molar-refractivity contribution in [2.75, 3.05) is 27.1 Å². The lowest BCUT2D eigenvalue weighted by molar-refractivity contribution is -0.162. The van der Waals surface area contributed by atoms with Gasteiger partial charge in [-0.05, 0) is 50.2 Å². The molecule has 0 radical (unpaired) electrons. The van der Waals surface area contributed by atoms with Crippen LogP contribution in [-0.2, 0) is 20.6 Å². The van der Waals surface area contributed by atoms with Crippen LogP contribution in [0.4, 0.5) is 0 Å². The zero-order valence-corrected chi connectivity index (χ0v) is 15.0. The van der Waals surface area contributed by atoms with Crippen molar-refractivity contribution in [2.24, 2.45) is 0 Å². The van der Waals surface area contributed by atoms with E-state index in [2.05, 4.69) is 12.1 Å². The molecule has 24 heavy (non-hydrogen) atoms. The van der Waals surface area contributed by atoms with E-state index in [4.69, 9.17) is 18.9 Å². The van der Waals surface area contributed by atoms with Gasteiger partial charge in [0.25, 0.3) is 0 Å². The molecule has 1 saturated heterocycles. The van der Waals surface area contributed by atoms with Crippen LogP contribution in [0.25, 0.3) is 0 Å². The summed E-state index contributed by atoms with van der Waals surface area (Å²) < 4.78 is 21.9. The number of aryl methyl sites for hydroxylation is 1. The van der Waals surface area contributed by atoms with Crippen molar-refractivity contribution in [3.05, 3.63) is 29.8 Å². The fourth-order valence-corrected chi connectivity index (χ4v) is 2.98. The largest absolute Gasteiger partial charge is 0.467 e. The second kappa shape index (κ2) is 12.3. The molecule has 4 nitrogen and oxygen atoms in total. The number of methoxy groups -OCH3 is 1. The van der Waals surface area contributed by atoms with E-state index in [9.17, 15) is 0 Å². The van der Waals surface area contributed by atoms with Crippen molar-refractivity contribution in [3.63, 3.8) is 0 Å². The smallest absolute Gasteiger partial charge is 0.188 e. The third-order valence-electron chi connectivity index (χ3n) is 4.34. The van der Waals surface area contributed by atoms with Crippen molar-refractivity contribution in [1.82, 2.24) is 0 Å². The molecule has 0 bridgehead atoms. The average molecular weight is 336 g/mol. The van der Waals surface area contributed by atoms with Crippen LogP contribution < -0.4 is 4.74 Å². The molecular formula is C20H32O4. The van der Waals surface area contributed by atoms with E-state index >= 15 is 0 Å². The number of para-hydroxylation sites is 1. The van der Waals surface area contributed by atoms with Crippen LogP contribution in [-0.4, -0.2) is 33.4 Å². The SMILES string of the molecule is COCOc1ccccc1CCCCCCCOC1CCCCO1. The molecule has 4 heteroatoms. The number of ether oxygens (including phenoxy) is 4. The second-order valence-electron chi connectivity index (χ2n) is 6.34. The molecule has 0 aromatic heterocycles. The van der Waals surface area contributed by atoms with Crippen molar-refractivity contribution < 1.29 is 18.9 Å². The highest BCUT2D eigenvalue weighted by molar-refractivity contribution is 5.33. The number of rotatable bonds is 12. The van der Waals surface area contributed by atoms with Crippen LogP contribution in [0.15, 0.2) is 24.3 Å². The molecule has 1 aromatic carbocycles. The fourth-order valence-electron chi connectivity index (χ4n) is 2.98. The molecule has 0 N–H and O–H groups in total. The predicted octanol–water partition coefficient (Wildman–Crippen LogP) is 4.71. The minimum atomic E-state index is 0.0577. The molecule has 1 fully saturated rings. The van der Waals surface area contributed by atoms with E-state index in [1.54, 1.807) is 7.11 Å². The van der Waals surface area contributed by atoms with E-state index in [0.29, 0.717) is 6.79 Å². The Bertz CT molecular complexity index is 429. The molecule has 1 atom stereocenters. The zero-order valence-electron chi connectivity index (χ0n) is 15.0. The van der Waals surface area contributed by atoms with Crippen LogP contribution >= 0.6 is 0 Å². The van der Waals surface area contributed by atoms with Crippen LogP contribution in [0, 0.1) is 0 Å². The number of benzene rings is 1. The fraction of sp³-hybridized carbons (Fsp3) is 0.700. The first-order valence-electron chi connectivity index (χ1n) is 9.33. The summed E-state index contributed by atoms with van der Waals surface area (Å²) in [6.07, 6.45) is 10.7. The molecule has 1 aromatic rings. The summed E-state index contributed by atoms with van der Waals surface area (Å²) in [5, 5.41) is 0. The minimum absolute atomic E-state index is 0.0577. The van der Waals surface area contributed by atoms with E-state index in [1.807, 2.05) is 12.1 Å². The molecule has 1 unspecified atom stereocenters. The van der Waals surface area contributed by atoms with Gasteiger partial charge in [0.15, 0.2) is 13.1 Å². The van der Waals surface area contributed by atoms with E-state index in [-0.39, 0.29) is 6.29 Å². The molecule has 0 aliphatic carbocycles. The third-order valence-corrected chi connectivity index (χ3v) is 4.34. The number of hydrogen-bond acceptors (Lipinski definition) is 4. The molecular weight excluding hydrogens is 304 g/mol. The van der Waals surface area contributed by atoms with Gasteiger partial charge in [0.1, 0.15) is 5.75 Å². The van der Waals surface area contributed by atoms with E-state index in [0.717, 1.165) is 38.2 Å². The number of hydrogen-bond donors (Lipinski definition) is 0.